The highest BCUT2D eigenvalue weighted by Gasteiger charge is 2.29. The van der Waals surface area contributed by atoms with Crippen molar-refractivity contribution in [2.75, 3.05) is 19.6 Å². The van der Waals surface area contributed by atoms with E-state index in [0.29, 0.717) is 24.0 Å². The summed E-state index contributed by atoms with van der Waals surface area (Å²) >= 11 is 0. The number of rotatable bonds is 6. The van der Waals surface area contributed by atoms with E-state index in [4.69, 9.17) is 0 Å². The molecule has 1 aliphatic heterocycles. The van der Waals surface area contributed by atoms with Crippen molar-refractivity contribution in [1.82, 2.24) is 24.8 Å². The highest BCUT2D eigenvalue weighted by Crippen LogP contribution is 2.28. The smallest absolute Gasteiger partial charge is 0.272 e. The fourth-order valence-corrected chi connectivity index (χ4v) is 5.00. The molecule has 160 valence electrons. The van der Waals surface area contributed by atoms with Gasteiger partial charge in [-0.15, -0.1) is 0 Å². The third-order valence-corrected chi connectivity index (χ3v) is 6.54. The van der Waals surface area contributed by atoms with E-state index in [2.05, 4.69) is 19.9 Å². The summed E-state index contributed by atoms with van der Waals surface area (Å²) in [7, 11) is 0. The van der Waals surface area contributed by atoms with Crippen molar-refractivity contribution in [3.8, 4) is 0 Å². The summed E-state index contributed by atoms with van der Waals surface area (Å²) in [5.41, 5.74) is 2.38. The summed E-state index contributed by atoms with van der Waals surface area (Å²) in [5.74, 6) is 1.17. The molecule has 1 saturated heterocycles. The fraction of sp³-hybridized carbons (Fsp3) is 0.583. The number of pyridine rings is 1. The lowest BCUT2D eigenvalue weighted by Crippen LogP contribution is -2.43. The van der Waals surface area contributed by atoms with E-state index in [1.165, 1.54) is 25.7 Å². The zero-order valence-corrected chi connectivity index (χ0v) is 18.3. The van der Waals surface area contributed by atoms with Crippen molar-refractivity contribution in [3.05, 3.63) is 53.4 Å². The molecule has 6 nitrogen and oxygen atoms in total. The molecular formula is C24H33N5O. The number of piperidine rings is 1. The van der Waals surface area contributed by atoms with Gasteiger partial charge in [0, 0.05) is 37.2 Å². The van der Waals surface area contributed by atoms with Crippen LogP contribution in [0.15, 0.2) is 30.6 Å². The van der Waals surface area contributed by atoms with Gasteiger partial charge in [-0.1, -0.05) is 18.9 Å². The summed E-state index contributed by atoms with van der Waals surface area (Å²) < 4.78 is 0. The Morgan fingerprint density at radius 1 is 1.13 bits per heavy atom. The van der Waals surface area contributed by atoms with E-state index in [9.17, 15) is 4.79 Å². The highest BCUT2D eigenvalue weighted by atomic mass is 16.2. The van der Waals surface area contributed by atoms with Crippen molar-refractivity contribution in [2.45, 2.75) is 65.0 Å². The Kier molecular flexibility index (Phi) is 6.72. The van der Waals surface area contributed by atoms with Crippen molar-refractivity contribution >= 4 is 5.91 Å². The fourth-order valence-electron chi connectivity index (χ4n) is 5.00. The average Bonchev–Trinajstić information content (AvgIpc) is 3.28. The van der Waals surface area contributed by atoms with Gasteiger partial charge in [0.05, 0.1) is 0 Å². The van der Waals surface area contributed by atoms with E-state index in [-0.39, 0.29) is 5.91 Å². The molecule has 0 atom stereocenters. The number of nitrogens with zero attached hydrogens (tertiary/aromatic N) is 5. The molecule has 0 aromatic carbocycles. The van der Waals surface area contributed by atoms with Crippen molar-refractivity contribution in [1.29, 1.82) is 0 Å². The molecule has 2 aromatic rings. The molecule has 0 unspecified atom stereocenters. The first-order valence-corrected chi connectivity index (χ1v) is 11.3. The summed E-state index contributed by atoms with van der Waals surface area (Å²) in [5, 5.41) is 0. The first-order chi connectivity index (χ1) is 14.6. The molecule has 1 saturated carbocycles. The van der Waals surface area contributed by atoms with Gasteiger partial charge in [-0.3, -0.25) is 9.78 Å². The number of hydrogen-bond acceptors (Lipinski definition) is 5. The lowest BCUT2D eigenvalue weighted by atomic mass is 9.94. The largest absolute Gasteiger partial charge is 0.333 e. The molecular weight excluding hydrogens is 374 g/mol. The molecule has 0 radical (unpaired) electrons. The Morgan fingerprint density at radius 2 is 1.90 bits per heavy atom. The van der Waals surface area contributed by atoms with Crippen molar-refractivity contribution < 1.29 is 4.79 Å². The van der Waals surface area contributed by atoms with Crippen LogP contribution in [0.5, 0.6) is 0 Å². The van der Waals surface area contributed by atoms with Gasteiger partial charge in [0.15, 0.2) is 0 Å². The SMILES string of the molecule is Cc1cc(C(=O)N(Cc2cccnc2)CC2CCN(C3CCCC3)CC2)nc(C)n1. The van der Waals surface area contributed by atoms with Crippen molar-refractivity contribution in [2.24, 2.45) is 5.92 Å². The van der Waals surface area contributed by atoms with Crippen molar-refractivity contribution in [3.63, 3.8) is 0 Å². The van der Waals surface area contributed by atoms with Gasteiger partial charge < -0.3 is 9.80 Å². The van der Waals surface area contributed by atoms with Crippen LogP contribution in [0.3, 0.4) is 0 Å². The van der Waals surface area contributed by atoms with Gasteiger partial charge in [-0.25, -0.2) is 9.97 Å². The van der Waals surface area contributed by atoms with Crippen LogP contribution in [0.4, 0.5) is 0 Å². The zero-order chi connectivity index (χ0) is 20.9. The molecule has 30 heavy (non-hydrogen) atoms. The van der Waals surface area contributed by atoms with Gasteiger partial charge in [-0.05, 0) is 76.2 Å². The molecule has 3 heterocycles. The van der Waals surface area contributed by atoms with Crippen LogP contribution in [-0.2, 0) is 6.54 Å². The van der Waals surface area contributed by atoms with Crippen LogP contribution in [0, 0.1) is 19.8 Å². The first kappa shape index (κ1) is 20.9. The van der Waals surface area contributed by atoms with Crippen LogP contribution >= 0.6 is 0 Å². The van der Waals surface area contributed by atoms with Crippen LogP contribution in [0.2, 0.25) is 0 Å². The molecule has 2 aliphatic rings. The average molecular weight is 408 g/mol. The maximum Gasteiger partial charge on any atom is 0.272 e. The van der Waals surface area contributed by atoms with Crippen LogP contribution in [0.25, 0.3) is 0 Å². The summed E-state index contributed by atoms with van der Waals surface area (Å²) in [6.07, 6.45) is 11.4. The minimum atomic E-state index is -0.00863. The quantitative estimate of drug-likeness (QED) is 0.729. The predicted octanol–water partition coefficient (Wildman–Crippen LogP) is 3.79. The van der Waals surface area contributed by atoms with E-state index < -0.39 is 0 Å². The summed E-state index contributed by atoms with van der Waals surface area (Å²) in [6.45, 7) is 7.42. The monoisotopic (exact) mass is 407 g/mol. The lowest BCUT2D eigenvalue weighted by Gasteiger charge is -2.37. The van der Waals surface area contributed by atoms with Crippen LogP contribution < -0.4 is 0 Å². The van der Waals surface area contributed by atoms with Gasteiger partial charge in [0.25, 0.3) is 5.91 Å². The van der Waals surface area contributed by atoms with Crippen LogP contribution in [-0.4, -0.2) is 56.3 Å². The highest BCUT2D eigenvalue weighted by molar-refractivity contribution is 5.92. The molecule has 0 bridgehead atoms. The number of likely N-dealkylation sites (tertiary alicyclic amines) is 1. The Morgan fingerprint density at radius 3 is 2.57 bits per heavy atom. The number of aryl methyl sites for hydroxylation is 2. The minimum absolute atomic E-state index is 0.00863. The molecule has 6 heteroatoms. The Labute approximate surface area is 179 Å². The predicted molar refractivity (Wildman–Crippen MR) is 117 cm³/mol. The van der Waals surface area contributed by atoms with E-state index in [0.717, 1.165) is 49.8 Å². The number of aromatic nitrogens is 3. The maximum absolute atomic E-state index is 13.4. The number of carbonyl (C=O) groups excluding carboxylic acids is 1. The normalized spacial score (nSPS) is 18.6. The van der Waals surface area contributed by atoms with Gasteiger partial charge in [0.2, 0.25) is 0 Å². The standard InChI is InChI=1S/C24H33N5O/c1-18-14-23(27-19(2)26-18)24(30)29(17-21-6-5-11-25-15-21)16-20-9-12-28(13-10-20)22-7-3-4-8-22/h5-6,11,14-15,20,22H,3-4,7-10,12-13,16-17H2,1-2H3. The van der Waals surface area contributed by atoms with Crippen LogP contribution in [0.1, 0.15) is 66.1 Å². The summed E-state index contributed by atoms with van der Waals surface area (Å²) in [6, 6.07) is 6.56. The zero-order valence-electron chi connectivity index (χ0n) is 18.3. The second-order valence-electron chi connectivity index (χ2n) is 8.91. The second kappa shape index (κ2) is 9.65. The molecule has 1 amide bonds. The van der Waals surface area contributed by atoms with E-state index >= 15 is 0 Å². The summed E-state index contributed by atoms with van der Waals surface area (Å²) in [4.78, 5) is 31.0. The lowest BCUT2D eigenvalue weighted by molar-refractivity contribution is 0.0644. The Hall–Kier alpha value is -2.34. The molecule has 2 aromatic heterocycles. The molecule has 1 aliphatic carbocycles. The number of hydrogen-bond donors (Lipinski definition) is 0. The number of amides is 1. The molecule has 0 N–H and O–H groups in total. The molecule has 0 spiro atoms. The number of carbonyl (C=O) groups is 1. The molecule has 4 rings (SSSR count). The van der Waals surface area contributed by atoms with Gasteiger partial charge >= 0.3 is 0 Å². The van der Waals surface area contributed by atoms with Gasteiger partial charge in [-0.2, -0.15) is 0 Å². The van der Waals surface area contributed by atoms with E-state index in [1.807, 2.05) is 37.1 Å². The van der Waals surface area contributed by atoms with E-state index in [1.54, 1.807) is 12.3 Å². The third kappa shape index (κ3) is 5.22. The van der Waals surface area contributed by atoms with Gasteiger partial charge in [0.1, 0.15) is 11.5 Å². The second-order valence-corrected chi connectivity index (χ2v) is 8.91. The topological polar surface area (TPSA) is 62.2 Å². The maximum atomic E-state index is 13.4. The molecule has 2 fully saturated rings. The first-order valence-electron chi connectivity index (χ1n) is 11.3. The Bertz CT molecular complexity index is 822. The minimum Gasteiger partial charge on any atom is -0.333 e. The Balaban J connectivity index is 1.45. The third-order valence-electron chi connectivity index (χ3n) is 6.54.